The lowest BCUT2D eigenvalue weighted by Crippen LogP contribution is -2.35. The summed E-state index contributed by atoms with van der Waals surface area (Å²) in [5, 5.41) is 8.78. The molecule has 0 heterocycles. The highest BCUT2D eigenvalue weighted by atomic mass is 16.4. The molecule has 2 atom stereocenters. The van der Waals surface area contributed by atoms with E-state index < -0.39 is 5.97 Å². The second-order valence-electron chi connectivity index (χ2n) is 4.25. The Kier molecular flexibility index (Phi) is 4.99. The van der Waals surface area contributed by atoms with E-state index >= 15 is 0 Å². The third-order valence-corrected chi connectivity index (χ3v) is 2.45. The molecule has 0 aromatic heterocycles. The van der Waals surface area contributed by atoms with Gasteiger partial charge >= 0.3 is 5.97 Å². The molecule has 1 N–H and O–H groups in total. The predicted molar refractivity (Wildman–Crippen MR) is 53.7 cm³/mol. The van der Waals surface area contributed by atoms with Gasteiger partial charge < -0.3 is 10.0 Å². The van der Waals surface area contributed by atoms with Crippen LogP contribution in [0.3, 0.4) is 0 Å². The van der Waals surface area contributed by atoms with E-state index in [1.807, 2.05) is 14.1 Å². The van der Waals surface area contributed by atoms with Crippen LogP contribution in [0.2, 0.25) is 0 Å². The molecule has 0 spiro atoms. The van der Waals surface area contributed by atoms with Crippen molar-refractivity contribution in [3.63, 3.8) is 0 Å². The van der Waals surface area contributed by atoms with Crippen molar-refractivity contribution in [2.24, 2.45) is 11.8 Å². The van der Waals surface area contributed by atoms with Crippen LogP contribution in [0.1, 0.15) is 27.2 Å². The number of aliphatic carboxylic acids is 1. The SMILES string of the molecule is CC(CC(C(C)C)N(C)C)C(=O)O. The Balaban J connectivity index is 4.18. The lowest BCUT2D eigenvalue weighted by molar-refractivity contribution is -0.141. The van der Waals surface area contributed by atoms with Gasteiger partial charge in [-0.25, -0.2) is 0 Å². The summed E-state index contributed by atoms with van der Waals surface area (Å²) in [5.41, 5.74) is 0. The highest BCUT2D eigenvalue weighted by molar-refractivity contribution is 5.69. The second-order valence-corrected chi connectivity index (χ2v) is 4.25. The molecule has 2 unspecified atom stereocenters. The molecule has 3 nitrogen and oxygen atoms in total. The van der Waals surface area contributed by atoms with Gasteiger partial charge in [-0.3, -0.25) is 4.79 Å². The molecule has 0 saturated carbocycles. The smallest absolute Gasteiger partial charge is 0.306 e. The second kappa shape index (κ2) is 5.22. The number of nitrogens with zero attached hydrogens (tertiary/aromatic N) is 1. The third kappa shape index (κ3) is 4.27. The largest absolute Gasteiger partial charge is 0.481 e. The van der Waals surface area contributed by atoms with Crippen LogP contribution in [0.5, 0.6) is 0 Å². The Labute approximate surface area is 80.7 Å². The summed E-state index contributed by atoms with van der Waals surface area (Å²) in [5.74, 6) is -0.459. The maximum Gasteiger partial charge on any atom is 0.306 e. The fourth-order valence-corrected chi connectivity index (χ4v) is 1.54. The third-order valence-electron chi connectivity index (χ3n) is 2.45. The summed E-state index contributed by atoms with van der Waals surface area (Å²) in [4.78, 5) is 12.8. The fourth-order valence-electron chi connectivity index (χ4n) is 1.54. The maximum absolute atomic E-state index is 10.7. The van der Waals surface area contributed by atoms with Gasteiger partial charge in [-0.05, 0) is 26.4 Å². The predicted octanol–water partition coefficient (Wildman–Crippen LogP) is 1.68. The average molecular weight is 187 g/mol. The van der Waals surface area contributed by atoms with Crippen molar-refractivity contribution >= 4 is 5.97 Å². The lowest BCUT2D eigenvalue weighted by Gasteiger charge is -2.29. The van der Waals surface area contributed by atoms with Crippen LogP contribution in [0, 0.1) is 11.8 Å². The van der Waals surface area contributed by atoms with Crippen LogP contribution in [0.15, 0.2) is 0 Å². The first kappa shape index (κ1) is 12.4. The van der Waals surface area contributed by atoms with Crippen molar-refractivity contribution in [2.75, 3.05) is 14.1 Å². The van der Waals surface area contributed by atoms with Gasteiger partial charge in [0.1, 0.15) is 0 Å². The first-order valence-corrected chi connectivity index (χ1v) is 4.75. The fraction of sp³-hybridized carbons (Fsp3) is 0.900. The van der Waals surface area contributed by atoms with Crippen molar-refractivity contribution in [1.82, 2.24) is 4.90 Å². The quantitative estimate of drug-likeness (QED) is 0.712. The zero-order valence-electron chi connectivity index (χ0n) is 9.24. The number of hydrogen-bond donors (Lipinski definition) is 1. The summed E-state index contributed by atoms with van der Waals surface area (Å²) >= 11 is 0. The first-order valence-electron chi connectivity index (χ1n) is 4.75. The molecule has 0 bridgehead atoms. The molecule has 0 saturated heterocycles. The zero-order valence-corrected chi connectivity index (χ0v) is 9.24. The van der Waals surface area contributed by atoms with Crippen molar-refractivity contribution < 1.29 is 9.90 Å². The van der Waals surface area contributed by atoms with Crippen LogP contribution in [0.25, 0.3) is 0 Å². The van der Waals surface area contributed by atoms with Gasteiger partial charge in [0.2, 0.25) is 0 Å². The van der Waals surface area contributed by atoms with Gasteiger partial charge in [0.15, 0.2) is 0 Å². The van der Waals surface area contributed by atoms with E-state index in [1.165, 1.54) is 0 Å². The van der Waals surface area contributed by atoms with Gasteiger partial charge in [0.05, 0.1) is 5.92 Å². The number of carbonyl (C=O) groups is 1. The van der Waals surface area contributed by atoms with Gasteiger partial charge in [0, 0.05) is 6.04 Å². The molecule has 3 heteroatoms. The van der Waals surface area contributed by atoms with E-state index in [0.717, 1.165) is 6.42 Å². The number of carboxylic acid groups (broad SMARTS) is 1. The van der Waals surface area contributed by atoms with E-state index in [4.69, 9.17) is 5.11 Å². The van der Waals surface area contributed by atoms with E-state index in [9.17, 15) is 4.79 Å². The van der Waals surface area contributed by atoms with Crippen LogP contribution in [0.4, 0.5) is 0 Å². The summed E-state index contributed by atoms with van der Waals surface area (Å²) in [6, 6.07) is 0.353. The minimum Gasteiger partial charge on any atom is -0.481 e. The monoisotopic (exact) mass is 187 g/mol. The molecular weight excluding hydrogens is 166 g/mol. The van der Waals surface area contributed by atoms with Crippen LogP contribution < -0.4 is 0 Å². The van der Waals surface area contributed by atoms with E-state index in [1.54, 1.807) is 6.92 Å². The van der Waals surface area contributed by atoms with Crippen molar-refractivity contribution in [3.05, 3.63) is 0 Å². The van der Waals surface area contributed by atoms with E-state index in [-0.39, 0.29) is 5.92 Å². The van der Waals surface area contributed by atoms with Crippen LogP contribution in [-0.2, 0) is 4.79 Å². The molecule has 0 rings (SSSR count). The molecule has 0 aliphatic rings. The molecule has 0 aromatic carbocycles. The van der Waals surface area contributed by atoms with E-state index in [0.29, 0.717) is 12.0 Å². The Morgan fingerprint density at radius 3 is 2.00 bits per heavy atom. The molecule has 0 radical (unpaired) electrons. The highest BCUT2D eigenvalue weighted by Gasteiger charge is 2.22. The molecule has 78 valence electrons. The lowest BCUT2D eigenvalue weighted by atomic mass is 9.93. The minimum absolute atomic E-state index is 0.255. The normalized spacial score (nSPS) is 16.2. The van der Waals surface area contributed by atoms with E-state index in [2.05, 4.69) is 18.7 Å². The standard InChI is InChI=1S/C10H21NO2/c1-7(2)9(11(4)5)6-8(3)10(12)13/h7-9H,6H2,1-5H3,(H,12,13). The van der Waals surface area contributed by atoms with Crippen LogP contribution >= 0.6 is 0 Å². The Bertz CT molecular complexity index is 158. The summed E-state index contributed by atoms with van der Waals surface area (Å²) in [7, 11) is 4.00. The number of rotatable bonds is 5. The molecule has 0 amide bonds. The Morgan fingerprint density at radius 1 is 1.31 bits per heavy atom. The van der Waals surface area contributed by atoms with Crippen molar-refractivity contribution in [1.29, 1.82) is 0 Å². The minimum atomic E-state index is -0.701. The number of hydrogen-bond acceptors (Lipinski definition) is 2. The Hall–Kier alpha value is -0.570. The maximum atomic E-state index is 10.7. The topological polar surface area (TPSA) is 40.5 Å². The summed E-state index contributed by atoms with van der Waals surface area (Å²) in [6.07, 6.45) is 0.722. The number of carboxylic acids is 1. The molecule has 0 aliphatic carbocycles. The molecule has 0 fully saturated rings. The first-order chi connectivity index (χ1) is 5.86. The zero-order chi connectivity index (χ0) is 10.6. The highest BCUT2D eigenvalue weighted by Crippen LogP contribution is 2.17. The molecule has 0 aliphatic heterocycles. The van der Waals surface area contributed by atoms with Crippen molar-refractivity contribution in [2.45, 2.75) is 33.2 Å². The summed E-state index contributed by atoms with van der Waals surface area (Å²) < 4.78 is 0. The molecular formula is C10H21NO2. The Morgan fingerprint density at radius 2 is 1.77 bits per heavy atom. The van der Waals surface area contributed by atoms with Gasteiger partial charge in [-0.15, -0.1) is 0 Å². The van der Waals surface area contributed by atoms with Gasteiger partial charge in [-0.1, -0.05) is 20.8 Å². The van der Waals surface area contributed by atoms with Crippen LogP contribution in [-0.4, -0.2) is 36.1 Å². The summed E-state index contributed by atoms with van der Waals surface area (Å²) in [6.45, 7) is 6.01. The van der Waals surface area contributed by atoms with Crippen molar-refractivity contribution in [3.8, 4) is 0 Å². The van der Waals surface area contributed by atoms with Gasteiger partial charge in [0.25, 0.3) is 0 Å². The van der Waals surface area contributed by atoms with Gasteiger partial charge in [-0.2, -0.15) is 0 Å². The molecule has 0 aromatic rings. The average Bonchev–Trinajstić information content (AvgIpc) is 1.97. The molecule has 13 heavy (non-hydrogen) atoms.